The van der Waals surface area contributed by atoms with Crippen LogP contribution in [0, 0.1) is 0 Å². The fraction of sp³-hybridized carbons (Fsp3) is 0.286. The van der Waals surface area contributed by atoms with E-state index in [1.54, 1.807) is 17.9 Å². The van der Waals surface area contributed by atoms with E-state index in [1.165, 1.54) is 6.20 Å². The molecule has 0 amide bonds. The highest BCUT2D eigenvalue weighted by molar-refractivity contribution is 5.95. The third-order valence-electron chi connectivity index (χ3n) is 1.69. The van der Waals surface area contributed by atoms with Crippen LogP contribution in [-0.4, -0.2) is 36.2 Å². The predicted octanol–water partition coefficient (Wildman–Crippen LogP) is -0.641. The molecule has 7 nitrogen and oxygen atoms in total. The van der Waals surface area contributed by atoms with E-state index in [9.17, 15) is 4.79 Å². The summed E-state index contributed by atoms with van der Waals surface area (Å²) in [6, 6.07) is 0. The van der Waals surface area contributed by atoms with Crippen molar-refractivity contribution in [3.05, 3.63) is 23.8 Å². The van der Waals surface area contributed by atoms with Crippen LogP contribution < -0.4 is 0 Å². The lowest BCUT2D eigenvalue weighted by Gasteiger charge is -1.90. The zero-order valence-corrected chi connectivity index (χ0v) is 7.51. The van der Waals surface area contributed by atoms with Gasteiger partial charge in [0, 0.05) is 13.2 Å². The summed E-state index contributed by atoms with van der Waals surface area (Å²) in [7, 11) is 1.75. The van der Waals surface area contributed by atoms with E-state index in [1.807, 2.05) is 0 Å². The highest BCUT2D eigenvalue weighted by Gasteiger charge is 2.11. The molecule has 0 radical (unpaired) electrons. The van der Waals surface area contributed by atoms with Crippen LogP contribution in [0.3, 0.4) is 0 Å². The van der Waals surface area contributed by atoms with Crippen LogP contribution in [0.5, 0.6) is 0 Å². The smallest absolute Gasteiger partial charge is 0.190 e. The zero-order valence-electron chi connectivity index (χ0n) is 7.51. The molecular formula is C7H8N6O. The van der Waals surface area contributed by atoms with Crippen LogP contribution in [0.15, 0.2) is 12.4 Å². The summed E-state index contributed by atoms with van der Waals surface area (Å²) >= 11 is 0. The maximum absolute atomic E-state index is 11.5. The molecule has 2 rings (SSSR count). The summed E-state index contributed by atoms with van der Waals surface area (Å²) in [6.07, 6.45) is 3.27. The molecule has 0 atom stereocenters. The van der Waals surface area contributed by atoms with E-state index >= 15 is 0 Å². The van der Waals surface area contributed by atoms with Crippen molar-refractivity contribution in [2.45, 2.75) is 6.42 Å². The van der Waals surface area contributed by atoms with Crippen molar-refractivity contribution >= 4 is 5.78 Å². The van der Waals surface area contributed by atoms with Gasteiger partial charge in [0.25, 0.3) is 0 Å². The lowest BCUT2D eigenvalue weighted by Crippen LogP contribution is -2.04. The molecule has 2 aromatic heterocycles. The van der Waals surface area contributed by atoms with Gasteiger partial charge in [-0.3, -0.25) is 9.48 Å². The molecule has 14 heavy (non-hydrogen) atoms. The summed E-state index contributed by atoms with van der Waals surface area (Å²) in [5, 5.41) is 17.1. The highest BCUT2D eigenvalue weighted by Crippen LogP contribution is 1.99. The summed E-state index contributed by atoms with van der Waals surface area (Å²) in [5.41, 5.74) is 0.941. The number of Topliss-reactive ketones (excluding diaryl/α,β-unsaturated/α-hetero) is 1. The molecule has 0 aliphatic carbocycles. The number of nitrogens with zero attached hydrogens (tertiary/aromatic N) is 5. The Labute approximate surface area is 79.1 Å². The van der Waals surface area contributed by atoms with E-state index in [0.717, 1.165) is 0 Å². The van der Waals surface area contributed by atoms with Gasteiger partial charge in [-0.1, -0.05) is 5.21 Å². The molecule has 0 saturated heterocycles. The van der Waals surface area contributed by atoms with Crippen LogP contribution in [0.1, 0.15) is 16.2 Å². The van der Waals surface area contributed by atoms with Crippen LogP contribution >= 0.6 is 0 Å². The second-order valence-electron chi connectivity index (χ2n) is 2.84. The molecule has 1 N–H and O–H groups in total. The van der Waals surface area contributed by atoms with Gasteiger partial charge >= 0.3 is 0 Å². The molecular weight excluding hydrogens is 184 g/mol. The predicted molar refractivity (Wildman–Crippen MR) is 45.4 cm³/mol. The second kappa shape index (κ2) is 3.36. The number of aromatic amines is 1. The van der Waals surface area contributed by atoms with Crippen molar-refractivity contribution in [1.29, 1.82) is 0 Å². The third kappa shape index (κ3) is 1.65. The van der Waals surface area contributed by atoms with Gasteiger partial charge < -0.3 is 0 Å². The molecule has 2 aromatic rings. The molecule has 0 aliphatic heterocycles. The van der Waals surface area contributed by atoms with Crippen LogP contribution in [0.2, 0.25) is 0 Å². The summed E-state index contributed by atoms with van der Waals surface area (Å²) < 4.78 is 1.55. The maximum atomic E-state index is 11.5. The monoisotopic (exact) mass is 192 g/mol. The largest absolute Gasteiger partial charge is 0.292 e. The van der Waals surface area contributed by atoms with Gasteiger partial charge in [-0.05, 0) is 0 Å². The van der Waals surface area contributed by atoms with E-state index in [-0.39, 0.29) is 12.2 Å². The highest BCUT2D eigenvalue weighted by atomic mass is 16.1. The molecule has 0 aromatic carbocycles. The van der Waals surface area contributed by atoms with E-state index in [0.29, 0.717) is 11.4 Å². The van der Waals surface area contributed by atoms with Gasteiger partial charge in [0.15, 0.2) is 5.78 Å². The molecule has 0 aliphatic rings. The van der Waals surface area contributed by atoms with Crippen molar-refractivity contribution in [2.24, 2.45) is 7.05 Å². The number of hydrogen-bond acceptors (Lipinski definition) is 5. The van der Waals surface area contributed by atoms with Gasteiger partial charge in [0.1, 0.15) is 5.69 Å². The average molecular weight is 192 g/mol. The van der Waals surface area contributed by atoms with Crippen LogP contribution in [0.25, 0.3) is 0 Å². The quantitative estimate of drug-likeness (QED) is 0.653. The molecule has 72 valence electrons. The van der Waals surface area contributed by atoms with E-state index in [2.05, 4.69) is 25.7 Å². The minimum Gasteiger partial charge on any atom is -0.292 e. The Morgan fingerprint density at radius 1 is 1.64 bits per heavy atom. The van der Waals surface area contributed by atoms with Gasteiger partial charge in [-0.2, -0.15) is 15.4 Å². The molecule has 0 spiro atoms. The van der Waals surface area contributed by atoms with Crippen molar-refractivity contribution in [1.82, 2.24) is 30.4 Å². The number of carbonyl (C=O) groups excluding carboxylic acids is 1. The minimum atomic E-state index is -0.126. The summed E-state index contributed by atoms with van der Waals surface area (Å²) in [5.74, 6) is -0.126. The Bertz CT molecular complexity index is 431. The normalized spacial score (nSPS) is 10.4. The summed E-state index contributed by atoms with van der Waals surface area (Å²) in [6.45, 7) is 0. The standard InChI is InChI=1S/C7H8N6O/c1-13-4-5(9-12-13)2-7(14)6-3-8-11-10-6/h3-4H,2H2,1H3,(H,8,10,11). The number of ketones is 1. The Balaban J connectivity index is 2.09. The van der Waals surface area contributed by atoms with Crippen molar-refractivity contribution in [3.8, 4) is 0 Å². The number of H-pyrrole nitrogens is 1. The molecule has 0 unspecified atom stereocenters. The maximum Gasteiger partial charge on any atom is 0.190 e. The van der Waals surface area contributed by atoms with Crippen molar-refractivity contribution in [3.63, 3.8) is 0 Å². The van der Waals surface area contributed by atoms with Crippen molar-refractivity contribution < 1.29 is 4.79 Å². The molecule has 0 fully saturated rings. The number of aromatic nitrogens is 6. The van der Waals surface area contributed by atoms with Crippen LogP contribution in [-0.2, 0) is 13.5 Å². The fourth-order valence-electron chi connectivity index (χ4n) is 1.07. The Hall–Kier alpha value is -2.05. The SMILES string of the molecule is Cn1cc(CC(=O)c2cn[nH]n2)nn1. The van der Waals surface area contributed by atoms with E-state index < -0.39 is 0 Å². The average Bonchev–Trinajstić information content (AvgIpc) is 2.75. The van der Waals surface area contributed by atoms with Gasteiger partial charge in [0.2, 0.25) is 0 Å². The molecule has 0 saturated carbocycles. The first-order valence-electron chi connectivity index (χ1n) is 4.00. The first-order valence-corrected chi connectivity index (χ1v) is 4.00. The Morgan fingerprint density at radius 3 is 3.07 bits per heavy atom. The zero-order chi connectivity index (χ0) is 9.97. The molecule has 7 heteroatoms. The lowest BCUT2D eigenvalue weighted by atomic mass is 10.2. The molecule has 0 bridgehead atoms. The first-order chi connectivity index (χ1) is 6.75. The fourth-order valence-corrected chi connectivity index (χ4v) is 1.07. The van der Waals surface area contributed by atoms with Gasteiger partial charge in [0.05, 0.1) is 18.3 Å². The second-order valence-corrected chi connectivity index (χ2v) is 2.84. The third-order valence-corrected chi connectivity index (χ3v) is 1.69. The first kappa shape index (κ1) is 8.54. The minimum absolute atomic E-state index is 0.126. The number of aryl methyl sites for hydroxylation is 1. The Kier molecular flexibility index (Phi) is 2.05. The summed E-state index contributed by atoms with van der Waals surface area (Å²) in [4.78, 5) is 11.5. The number of rotatable bonds is 3. The van der Waals surface area contributed by atoms with Crippen LogP contribution in [0.4, 0.5) is 0 Å². The van der Waals surface area contributed by atoms with Gasteiger partial charge in [-0.25, -0.2) is 0 Å². The Morgan fingerprint density at radius 2 is 2.50 bits per heavy atom. The topological polar surface area (TPSA) is 89.4 Å². The number of carbonyl (C=O) groups is 1. The lowest BCUT2D eigenvalue weighted by molar-refractivity contribution is 0.0987. The van der Waals surface area contributed by atoms with E-state index in [4.69, 9.17) is 0 Å². The van der Waals surface area contributed by atoms with Gasteiger partial charge in [-0.15, -0.1) is 5.10 Å². The molecule has 2 heterocycles. The number of hydrogen-bond donors (Lipinski definition) is 1. The number of nitrogens with one attached hydrogen (secondary N) is 1. The van der Waals surface area contributed by atoms with Crippen molar-refractivity contribution in [2.75, 3.05) is 0 Å².